The Morgan fingerprint density at radius 1 is 1.18 bits per heavy atom. The Hall–Kier alpha value is -2.81. The van der Waals surface area contributed by atoms with Crippen LogP contribution in [0.3, 0.4) is 0 Å². The first-order valence-electron chi connectivity index (χ1n) is 9.34. The van der Waals surface area contributed by atoms with Crippen molar-refractivity contribution in [2.45, 2.75) is 25.4 Å². The number of nitrogens with zero attached hydrogens (tertiary/aromatic N) is 4. The van der Waals surface area contributed by atoms with Crippen molar-refractivity contribution < 1.29 is 4.92 Å². The molecule has 2 heterocycles. The summed E-state index contributed by atoms with van der Waals surface area (Å²) < 4.78 is 0. The maximum absolute atomic E-state index is 11.3. The SMILES string of the molecule is CCN(CC)c1ccc([N+](=O)[O-])c(NCCCSc2nc3ccccc3[nH]2)n1. The van der Waals surface area contributed by atoms with E-state index in [2.05, 4.69) is 25.2 Å². The van der Waals surface area contributed by atoms with Crippen LogP contribution in [0.1, 0.15) is 20.3 Å². The van der Waals surface area contributed by atoms with Crippen LogP contribution in [0, 0.1) is 10.1 Å². The van der Waals surface area contributed by atoms with Gasteiger partial charge in [0.2, 0.25) is 5.82 Å². The third-order valence-electron chi connectivity index (χ3n) is 4.36. The van der Waals surface area contributed by atoms with Gasteiger partial charge in [0, 0.05) is 31.5 Å². The number of rotatable bonds is 10. The molecule has 148 valence electrons. The van der Waals surface area contributed by atoms with Gasteiger partial charge in [-0.2, -0.15) is 0 Å². The second-order valence-corrected chi connectivity index (χ2v) is 7.24. The van der Waals surface area contributed by atoms with E-state index in [9.17, 15) is 10.1 Å². The Bertz CT molecular complexity index is 908. The van der Waals surface area contributed by atoms with Gasteiger partial charge in [0.05, 0.1) is 16.0 Å². The van der Waals surface area contributed by atoms with Crippen molar-refractivity contribution >= 4 is 40.1 Å². The maximum atomic E-state index is 11.3. The molecular weight excluding hydrogens is 376 g/mol. The minimum atomic E-state index is -0.398. The van der Waals surface area contributed by atoms with Gasteiger partial charge in [0.25, 0.3) is 0 Å². The van der Waals surface area contributed by atoms with Gasteiger partial charge in [-0.3, -0.25) is 10.1 Å². The number of aromatic amines is 1. The molecule has 9 heteroatoms. The Labute approximate surface area is 167 Å². The fourth-order valence-electron chi connectivity index (χ4n) is 2.89. The molecular formula is C19H24N6O2S. The lowest BCUT2D eigenvalue weighted by Crippen LogP contribution is -2.23. The molecule has 2 N–H and O–H groups in total. The summed E-state index contributed by atoms with van der Waals surface area (Å²) in [4.78, 5) is 25.2. The molecule has 3 aromatic rings. The highest BCUT2D eigenvalue weighted by Crippen LogP contribution is 2.26. The number of thioether (sulfide) groups is 1. The van der Waals surface area contributed by atoms with Crippen LogP contribution < -0.4 is 10.2 Å². The van der Waals surface area contributed by atoms with Crippen molar-refractivity contribution in [3.63, 3.8) is 0 Å². The second-order valence-electron chi connectivity index (χ2n) is 6.15. The monoisotopic (exact) mass is 400 g/mol. The molecule has 2 aromatic heterocycles. The highest BCUT2D eigenvalue weighted by Gasteiger charge is 2.17. The van der Waals surface area contributed by atoms with E-state index in [1.807, 2.05) is 38.1 Å². The van der Waals surface area contributed by atoms with E-state index in [0.29, 0.717) is 12.4 Å². The van der Waals surface area contributed by atoms with E-state index < -0.39 is 4.92 Å². The largest absolute Gasteiger partial charge is 0.364 e. The zero-order valence-corrected chi connectivity index (χ0v) is 16.8. The number of hydrogen-bond acceptors (Lipinski definition) is 7. The number of benzene rings is 1. The molecule has 0 saturated heterocycles. The Morgan fingerprint density at radius 3 is 2.68 bits per heavy atom. The summed E-state index contributed by atoms with van der Waals surface area (Å²) in [5.74, 6) is 1.91. The molecule has 0 bridgehead atoms. The van der Waals surface area contributed by atoms with Crippen molar-refractivity contribution in [1.29, 1.82) is 0 Å². The lowest BCUT2D eigenvalue weighted by Gasteiger charge is -2.20. The van der Waals surface area contributed by atoms with E-state index in [4.69, 9.17) is 0 Å². The first kappa shape index (κ1) is 19.9. The Morgan fingerprint density at radius 2 is 1.96 bits per heavy atom. The molecule has 0 radical (unpaired) electrons. The lowest BCUT2D eigenvalue weighted by atomic mass is 10.3. The summed E-state index contributed by atoms with van der Waals surface area (Å²) in [6.45, 7) is 6.27. The summed E-state index contributed by atoms with van der Waals surface area (Å²) in [6, 6.07) is 11.1. The number of pyridine rings is 1. The van der Waals surface area contributed by atoms with Gasteiger partial charge in [-0.05, 0) is 38.5 Å². The van der Waals surface area contributed by atoms with Crippen molar-refractivity contribution in [2.75, 3.05) is 35.6 Å². The molecule has 0 atom stereocenters. The number of H-pyrrole nitrogens is 1. The zero-order chi connectivity index (χ0) is 19.9. The minimum Gasteiger partial charge on any atom is -0.364 e. The van der Waals surface area contributed by atoms with Gasteiger partial charge in [0.1, 0.15) is 5.82 Å². The molecule has 0 aliphatic heterocycles. The fraction of sp³-hybridized carbons (Fsp3) is 0.368. The van der Waals surface area contributed by atoms with Crippen LogP contribution in [-0.4, -0.2) is 45.3 Å². The number of anilines is 2. The molecule has 1 aromatic carbocycles. The Balaban J connectivity index is 1.56. The minimum absolute atomic E-state index is 0.000781. The first-order chi connectivity index (χ1) is 13.6. The number of nitrogens with one attached hydrogen (secondary N) is 2. The van der Waals surface area contributed by atoms with Crippen LogP contribution in [0.5, 0.6) is 0 Å². The number of para-hydroxylation sites is 2. The van der Waals surface area contributed by atoms with Crippen LogP contribution >= 0.6 is 11.8 Å². The van der Waals surface area contributed by atoms with Gasteiger partial charge < -0.3 is 15.2 Å². The third kappa shape index (κ3) is 4.72. The Kier molecular flexibility index (Phi) is 6.70. The van der Waals surface area contributed by atoms with E-state index in [-0.39, 0.29) is 5.69 Å². The molecule has 0 unspecified atom stereocenters. The molecule has 0 amide bonds. The summed E-state index contributed by atoms with van der Waals surface area (Å²) in [5.41, 5.74) is 1.98. The van der Waals surface area contributed by atoms with Crippen molar-refractivity contribution in [3.05, 3.63) is 46.5 Å². The van der Waals surface area contributed by atoms with Crippen LogP contribution in [-0.2, 0) is 0 Å². The smallest absolute Gasteiger partial charge is 0.311 e. The van der Waals surface area contributed by atoms with E-state index in [1.165, 1.54) is 6.07 Å². The highest BCUT2D eigenvalue weighted by atomic mass is 32.2. The molecule has 0 spiro atoms. The number of nitro groups is 1. The van der Waals surface area contributed by atoms with Gasteiger partial charge in [-0.1, -0.05) is 23.9 Å². The van der Waals surface area contributed by atoms with Gasteiger partial charge in [-0.15, -0.1) is 0 Å². The summed E-state index contributed by atoms with van der Waals surface area (Å²) in [6.07, 6.45) is 0.829. The standard InChI is InChI=1S/C19H24N6O2S/c1-3-24(4-2)17-11-10-16(25(26)27)18(23-17)20-12-7-13-28-19-21-14-8-5-6-9-15(14)22-19/h5-6,8-11H,3-4,7,12-13H2,1-2H3,(H,20,23)(H,21,22). The number of imidazole rings is 1. The zero-order valence-electron chi connectivity index (χ0n) is 16.0. The lowest BCUT2D eigenvalue weighted by molar-refractivity contribution is -0.384. The van der Waals surface area contributed by atoms with Crippen molar-refractivity contribution in [2.24, 2.45) is 0 Å². The number of fused-ring (bicyclic) bond motifs is 1. The molecule has 0 aliphatic rings. The summed E-state index contributed by atoms with van der Waals surface area (Å²) in [5, 5.41) is 15.3. The predicted octanol–water partition coefficient (Wildman–Crippen LogP) is 4.31. The number of aromatic nitrogens is 3. The third-order valence-corrected chi connectivity index (χ3v) is 5.32. The average molecular weight is 401 g/mol. The quantitative estimate of drug-likeness (QED) is 0.226. The van der Waals surface area contributed by atoms with Crippen LogP contribution in [0.15, 0.2) is 41.6 Å². The van der Waals surface area contributed by atoms with Crippen molar-refractivity contribution in [3.8, 4) is 0 Å². The van der Waals surface area contributed by atoms with E-state index in [1.54, 1.807) is 17.8 Å². The van der Waals surface area contributed by atoms with Gasteiger partial charge in [-0.25, -0.2) is 9.97 Å². The average Bonchev–Trinajstić information content (AvgIpc) is 3.11. The molecule has 0 aliphatic carbocycles. The summed E-state index contributed by atoms with van der Waals surface area (Å²) in [7, 11) is 0. The van der Waals surface area contributed by atoms with Crippen LogP contribution in [0.2, 0.25) is 0 Å². The van der Waals surface area contributed by atoms with Gasteiger partial charge >= 0.3 is 5.69 Å². The summed E-state index contributed by atoms with van der Waals surface area (Å²) >= 11 is 1.64. The maximum Gasteiger partial charge on any atom is 0.311 e. The van der Waals surface area contributed by atoms with Crippen LogP contribution in [0.4, 0.5) is 17.3 Å². The molecule has 3 rings (SSSR count). The van der Waals surface area contributed by atoms with Crippen molar-refractivity contribution in [1.82, 2.24) is 15.0 Å². The fourth-order valence-corrected chi connectivity index (χ4v) is 3.72. The normalized spacial score (nSPS) is 10.9. The molecule has 28 heavy (non-hydrogen) atoms. The molecule has 0 fully saturated rings. The topological polar surface area (TPSA) is 100.0 Å². The van der Waals surface area contributed by atoms with E-state index in [0.717, 1.165) is 47.3 Å². The highest BCUT2D eigenvalue weighted by molar-refractivity contribution is 7.99. The molecule has 0 saturated carbocycles. The second kappa shape index (κ2) is 9.41. The molecule has 8 nitrogen and oxygen atoms in total. The first-order valence-corrected chi connectivity index (χ1v) is 10.3. The predicted molar refractivity (Wildman–Crippen MR) is 114 cm³/mol. The number of hydrogen-bond donors (Lipinski definition) is 2. The van der Waals surface area contributed by atoms with Crippen LogP contribution in [0.25, 0.3) is 11.0 Å². The van der Waals surface area contributed by atoms with E-state index >= 15 is 0 Å². The van der Waals surface area contributed by atoms with Gasteiger partial charge in [0.15, 0.2) is 5.16 Å².